The van der Waals surface area contributed by atoms with Crippen LogP contribution in [0.25, 0.3) is 22.2 Å². The molecule has 0 atom stereocenters. The summed E-state index contributed by atoms with van der Waals surface area (Å²) in [5.41, 5.74) is 7.62. The van der Waals surface area contributed by atoms with Crippen LogP contribution in [0.3, 0.4) is 0 Å². The quantitative estimate of drug-likeness (QED) is 0.0778. The minimum Gasteiger partial charge on any atom is -0.491 e. The minimum absolute atomic E-state index is 0.226. The van der Waals surface area contributed by atoms with E-state index in [1.807, 2.05) is 31.2 Å². The number of carbonyl (C=O) groups excluding carboxylic acids is 1. The van der Waals surface area contributed by atoms with Crippen molar-refractivity contribution in [2.45, 2.75) is 6.92 Å². The number of carbonyl (C=O) groups is 1. The Kier molecular flexibility index (Phi) is 14.5. The van der Waals surface area contributed by atoms with Gasteiger partial charge in [-0.05, 0) is 49.4 Å². The SMILES string of the molecule is CCOCCNC(=O)NCCOCCOCCOCCOc1ccc(-c2nc(NC(=N)N)nc3ccc(Cl)cc23)cc1. The molecule has 228 valence electrons. The fourth-order valence-electron chi connectivity index (χ4n) is 3.65. The molecule has 1 aromatic heterocycles. The molecule has 0 radical (unpaired) electrons. The molecule has 0 aliphatic carbocycles. The Morgan fingerprint density at radius 2 is 1.48 bits per heavy atom. The number of hydrogen-bond donors (Lipinski definition) is 5. The molecule has 3 rings (SSSR count). The van der Waals surface area contributed by atoms with Gasteiger partial charge < -0.3 is 40.1 Å². The van der Waals surface area contributed by atoms with Crippen LogP contribution in [0, 0.1) is 5.41 Å². The Hall–Kier alpha value is -3.75. The number of ether oxygens (including phenoxy) is 5. The molecule has 2 amide bonds. The second-order valence-electron chi connectivity index (χ2n) is 8.69. The molecule has 0 bridgehead atoms. The van der Waals surface area contributed by atoms with Crippen LogP contribution >= 0.6 is 11.6 Å². The highest BCUT2D eigenvalue weighted by Crippen LogP contribution is 2.30. The van der Waals surface area contributed by atoms with Crippen molar-refractivity contribution in [2.24, 2.45) is 5.73 Å². The summed E-state index contributed by atoms with van der Waals surface area (Å²) in [6.45, 7) is 6.85. The fourth-order valence-corrected chi connectivity index (χ4v) is 3.82. The number of rotatable bonds is 19. The molecule has 0 aliphatic rings. The van der Waals surface area contributed by atoms with E-state index in [-0.39, 0.29) is 17.9 Å². The van der Waals surface area contributed by atoms with Crippen LogP contribution in [-0.2, 0) is 18.9 Å². The van der Waals surface area contributed by atoms with Gasteiger partial charge in [0.05, 0.1) is 57.5 Å². The summed E-state index contributed by atoms with van der Waals surface area (Å²) < 4.78 is 27.4. The summed E-state index contributed by atoms with van der Waals surface area (Å²) in [6.07, 6.45) is 0. The summed E-state index contributed by atoms with van der Waals surface area (Å²) in [6, 6.07) is 12.6. The number of aromatic nitrogens is 2. The van der Waals surface area contributed by atoms with E-state index in [1.165, 1.54) is 0 Å². The number of amides is 2. The lowest BCUT2D eigenvalue weighted by Crippen LogP contribution is -2.39. The molecule has 0 aliphatic heterocycles. The first-order valence-electron chi connectivity index (χ1n) is 13.6. The predicted octanol–water partition coefficient (Wildman–Crippen LogP) is 3.02. The van der Waals surface area contributed by atoms with Crippen molar-refractivity contribution in [3.8, 4) is 17.0 Å². The van der Waals surface area contributed by atoms with E-state index in [9.17, 15) is 4.79 Å². The highest BCUT2D eigenvalue weighted by Gasteiger charge is 2.11. The molecule has 0 saturated carbocycles. The smallest absolute Gasteiger partial charge is 0.314 e. The Morgan fingerprint density at radius 3 is 2.12 bits per heavy atom. The van der Waals surface area contributed by atoms with E-state index >= 15 is 0 Å². The van der Waals surface area contributed by atoms with Gasteiger partial charge >= 0.3 is 6.03 Å². The molecule has 0 spiro atoms. The number of nitrogens with one attached hydrogen (secondary N) is 4. The van der Waals surface area contributed by atoms with Crippen molar-refractivity contribution in [1.82, 2.24) is 20.6 Å². The van der Waals surface area contributed by atoms with Gasteiger partial charge in [-0.15, -0.1) is 0 Å². The van der Waals surface area contributed by atoms with Gasteiger partial charge in [0.15, 0.2) is 5.96 Å². The van der Waals surface area contributed by atoms with Crippen LogP contribution in [0.2, 0.25) is 5.02 Å². The molecular weight excluding hydrogens is 566 g/mol. The van der Waals surface area contributed by atoms with E-state index in [4.69, 9.17) is 46.4 Å². The third-order valence-corrected chi connectivity index (χ3v) is 5.78. The zero-order valence-electron chi connectivity index (χ0n) is 23.6. The third-order valence-electron chi connectivity index (χ3n) is 5.54. The normalized spacial score (nSPS) is 10.9. The van der Waals surface area contributed by atoms with Crippen LogP contribution in [0.5, 0.6) is 5.75 Å². The average Bonchev–Trinajstić information content (AvgIpc) is 2.97. The van der Waals surface area contributed by atoms with Crippen LogP contribution in [0.1, 0.15) is 6.92 Å². The van der Waals surface area contributed by atoms with Gasteiger partial charge in [0.2, 0.25) is 5.95 Å². The first kappa shape index (κ1) is 32.8. The first-order chi connectivity index (χ1) is 20.5. The topological polar surface area (TPSA) is 175 Å². The molecule has 2 aromatic carbocycles. The van der Waals surface area contributed by atoms with Crippen LogP contribution in [0.15, 0.2) is 42.5 Å². The lowest BCUT2D eigenvalue weighted by molar-refractivity contribution is 0.0101. The zero-order chi connectivity index (χ0) is 30.0. The van der Waals surface area contributed by atoms with Crippen molar-refractivity contribution < 1.29 is 28.5 Å². The van der Waals surface area contributed by atoms with Crippen molar-refractivity contribution in [2.75, 3.05) is 77.9 Å². The molecule has 0 unspecified atom stereocenters. The number of hydrogen-bond acceptors (Lipinski definition) is 9. The number of nitrogens with zero attached hydrogens (tertiary/aromatic N) is 2. The monoisotopic (exact) mass is 603 g/mol. The number of guanidine groups is 1. The highest BCUT2D eigenvalue weighted by atomic mass is 35.5. The second-order valence-corrected chi connectivity index (χ2v) is 9.12. The van der Waals surface area contributed by atoms with Crippen LogP contribution in [0.4, 0.5) is 10.7 Å². The molecule has 1 heterocycles. The van der Waals surface area contributed by atoms with E-state index in [2.05, 4.69) is 25.9 Å². The van der Waals surface area contributed by atoms with Crippen LogP contribution < -0.4 is 26.4 Å². The summed E-state index contributed by atoms with van der Waals surface area (Å²) in [5.74, 6) is 0.661. The van der Waals surface area contributed by atoms with E-state index < -0.39 is 0 Å². The first-order valence-corrected chi connectivity index (χ1v) is 14.0. The van der Waals surface area contributed by atoms with Gasteiger partial charge in [-0.1, -0.05) is 11.6 Å². The van der Waals surface area contributed by atoms with Crippen molar-refractivity contribution in [3.63, 3.8) is 0 Å². The summed E-state index contributed by atoms with van der Waals surface area (Å²) in [5, 5.41) is 16.9. The number of halogens is 1. The number of nitrogens with two attached hydrogens (primary N) is 1. The molecule has 14 heteroatoms. The molecule has 6 N–H and O–H groups in total. The van der Waals surface area contributed by atoms with Gasteiger partial charge in [0.1, 0.15) is 12.4 Å². The van der Waals surface area contributed by atoms with E-state index in [0.717, 1.165) is 10.9 Å². The minimum atomic E-state index is -0.252. The standard InChI is InChI=1S/C28H38ClN7O6/c1-2-38-11-9-32-28(37)33-10-12-39-13-14-40-15-16-41-17-18-42-22-6-3-20(4-7-22)25-23-19-21(29)5-8-24(23)34-27(35-25)36-26(30)31/h3-8,19H,2,9-18H2,1H3,(H2,32,33,37)(H4,30,31,34,35,36). The van der Waals surface area contributed by atoms with Gasteiger partial charge in [-0.3, -0.25) is 10.7 Å². The Morgan fingerprint density at radius 1 is 0.857 bits per heavy atom. The number of fused-ring (bicyclic) bond motifs is 1. The van der Waals surface area contributed by atoms with Crippen molar-refractivity contribution in [3.05, 3.63) is 47.5 Å². The lowest BCUT2D eigenvalue weighted by Gasteiger charge is -2.11. The predicted molar refractivity (Wildman–Crippen MR) is 161 cm³/mol. The number of anilines is 1. The van der Waals surface area contributed by atoms with Gasteiger partial charge in [-0.2, -0.15) is 0 Å². The Bertz CT molecular complexity index is 1270. The Labute approximate surface area is 249 Å². The van der Waals surface area contributed by atoms with Gasteiger partial charge in [0.25, 0.3) is 0 Å². The Balaban J connectivity index is 1.27. The molecule has 0 saturated heterocycles. The summed E-state index contributed by atoms with van der Waals surface area (Å²) in [4.78, 5) is 20.5. The maximum Gasteiger partial charge on any atom is 0.314 e. The second kappa shape index (κ2) is 18.6. The number of urea groups is 1. The summed E-state index contributed by atoms with van der Waals surface area (Å²) >= 11 is 6.21. The maximum atomic E-state index is 11.5. The van der Waals surface area contributed by atoms with Gasteiger partial charge in [-0.25, -0.2) is 14.8 Å². The lowest BCUT2D eigenvalue weighted by atomic mass is 10.1. The average molecular weight is 604 g/mol. The summed E-state index contributed by atoms with van der Waals surface area (Å²) in [7, 11) is 0. The van der Waals surface area contributed by atoms with E-state index in [0.29, 0.717) is 94.5 Å². The highest BCUT2D eigenvalue weighted by molar-refractivity contribution is 6.31. The van der Waals surface area contributed by atoms with E-state index in [1.54, 1.807) is 18.2 Å². The van der Waals surface area contributed by atoms with Gasteiger partial charge in [0, 0.05) is 35.7 Å². The maximum absolute atomic E-state index is 11.5. The largest absolute Gasteiger partial charge is 0.491 e. The molecular formula is C28H38ClN7O6. The van der Waals surface area contributed by atoms with Crippen molar-refractivity contribution >= 4 is 40.4 Å². The fraction of sp³-hybridized carbons (Fsp3) is 0.429. The molecule has 3 aromatic rings. The third kappa shape index (κ3) is 12.0. The van der Waals surface area contributed by atoms with Crippen LogP contribution in [-0.4, -0.2) is 94.5 Å². The molecule has 13 nitrogen and oxygen atoms in total. The molecule has 42 heavy (non-hydrogen) atoms. The number of benzene rings is 2. The molecule has 0 fully saturated rings. The van der Waals surface area contributed by atoms with Crippen molar-refractivity contribution in [1.29, 1.82) is 5.41 Å². The zero-order valence-corrected chi connectivity index (χ0v) is 24.4.